The molecule has 0 amide bonds. The van der Waals surface area contributed by atoms with E-state index in [2.05, 4.69) is 31.2 Å². The standard InChI is InChI=1S/C17H24O2S/c1-13-4-2-3-5-14(13)10-16(18)15-6-8-19-17(11-15)7-9-20-12-17/h2-5,15-16,18H,6-12H2,1H3. The molecule has 0 aliphatic carbocycles. The predicted octanol–water partition coefficient (Wildman–Crippen LogP) is 3.20. The first-order valence-corrected chi connectivity index (χ1v) is 8.78. The zero-order valence-electron chi connectivity index (χ0n) is 12.2. The van der Waals surface area contributed by atoms with Crippen LogP contribution in [0.5, 0.6) is 0 Å². The molecule has 0 radical (unpaired) electrons. The van der Waals surface area contributed by atoms with Gasteiger partial charge in [-0.3, -0.25) is 0 Å². The Kier molecular flexibility index (Phi) is 4.39. The molecular formula is C17H24O2S. The first-order valence-electron chi connectivity index (χ1n) is 7.63. The Bertz CT molecular complexity index is 454. The summed E-state index contributed by atoms with van der Waals surface area (Å²) in [5.74, 6) is 2.71. The van der Waals surface area contributed by atoms with E-state index < -0.39 is 0 Å². The summed E-state index contributed by atoms with van der Waals surface area (Å²) < 4.78 is 6.05. The van der Waals surface area contributed by atoms with Gasteiger partial charge in [0.15, 0.2) is 0 Å². The van der Waals surface area contributed by atoms with Gasteiger partial charge in [-0.25, -0.2) is 0 Å². The van der Waals surface area contributed by atoms with Crippen molar-refractivity contribution in [3.8, 4) is 0 Å². The highest BCUT2D eigenvalue weighted by atomic mass is 32.2. The van der Waals surface area contributed by atoms with Crippen LogP contribution in [0.4, 0.5) is 0 Å². The molecule has 3 atom stereocenters. The minimum Gasteiger partial charge on any atom is -0.392 e. The van der Waals surface area contributed by atoms with E-state index in [0.29, 0.717) is 5.92 Å². The molecule has 1 aromatic carbocycles. The lowest BCUT2D eigenvalue weighted by molar-refractivity contribution is -0.101. The van der Waals surface area contributed by atoms with Crippen molar-refractivity contribution in [1.29, 1.82) is 0 Å². The number of hydrogen-bond donors (Lipinski definition) is 1. The van der Waals surface area contributed by atoms with E-state index in [4.69, 9.17) is 4.74 Å². The molecule has 20 heavy (non-hydrogen) atoms. The highest BCUT2D eigenvalue weighted by molar-refractivity contribution is 7.99. The van der Waals surface area contributed by atoms with Gasteiger partial charge in [0.1, 0.15) is 0 Å². The number of thioether (sulfide) groups is 1. The quantitative estimate of drug-likeness (QED) is 0.927. The first-order chi connectivity index (χ1) is 9.69. The van der Waals surface area contributed by atoms with Crippen molar-refractivity contribution in [2.75, 3.05) is 18.1 Å². The molecule has 1 N–H and O–H groups in total. The fourth-order valence-electron chi connectivity index (χ4n) is 3.49. The summed E-state index contributed by atoms with van der Waals surface area (Å²) in [6, 6.07) is 8.39. The van der Waals surface area contributed by atoms with Crippen LogP contribution in [0.25, 0.3) is 0 Å². The predicted molar refractivity (Wildman–Crippen MR) is 84.2 cm³/mol. The molecule has 3 heteroatoms. The van der Waals surface area contributed by atoms with Crippen LogP contribution >= 0.6 is 11.8 Å². The van der Waals surface area contributed by atoms with Gasteiger partial charge in [0.05, 0.1) is 11.7 Å². The van der Waals surface area contributed by atoms with E-state index in [1.165, 1.54) is 16.9 Å². The fourth-order valence-corrected chi connectivity index (χ4v) is 4.87. The zero-order valence-corrected chi connectivity index (χ0v) is 13.0. The summed E-state index contributed by atoms with van der Waals surface area (Å²) in [5.41, 5.74) is 2.63. The second kappa shape index (κ2) is 6.08. The highest BCUT2D eigenvalue weighted by Gasteiger charge is 2.42. The molecule has 2 aliphatic rings. The Balaban J connectivity index is 1.65. The molecule has 2 aliphatic heterocycles. The SMILES string of the molecule is Cc1ccccc1CC(O)C1CCOC2(CCSC2)C1. The molecule has 1 spiro atoms. The minimum absolute atomic E-state index is 0.0697. The Hall–Kier alpha value is -0.510. The van der Waals surface area contributed by atoms with Crippen molar-refractivity contribution in [3.63, 3.8) is 0 Å². The number of ether oxygens (including phenoxy) is 1. The lowest BCUT2D eigenvalue weighted by atomic mass is 9.80. The van der Waals surface area contributed by atoms with Gasteiger partial charge < -0.3 is 9.84 Å². The van der Waals surface area contributed by atoms with Gasteiger partial charge in [-0.15, -0.1) is 0 Å². The van der Waals surface area contributed by atoms with Crippen LogP contribution in [0.1, 0.15) is 30.4 Å². The summed E-state index contributed by atoms with van der Waals surface area (Å²) >= 11 is 1.99. The van der Waals surface area contributed by atoms with E-state index >= 15 is 0 Å². The average Bonchev–Trinajstić information content (AvgIpc) is 2.89. The normalized spacial score (nSPS) is 31.6. The third kappa shape index (κ3) is 3.05. The molecule has 2 saturated heterocycles. The molecule has 3 unspecified atom stereocenters. The maximum Gasteiger partial charge on any atom is 0.0783 e. The molecule has 110 valence electrons. The van der Waals surface area contributed by atoms with Crippen LogP contribution in [-0.4, -0.2) is 34.9 Å². The fraction of sp³-hybridized carbons (Fsp3) is 0.647. The number of hydrogen-bond acceptors (Lipinski definition) is 3. The van der Waals surface area contributed by atoms with Crippen LogP contribution in [0, 0.1) is 12.8 Å². The first kappa shape index (κ1) is 14.4. The smallest absolute Gasteiger partial charge is 0.0783 e. The van der Waals surface area contributed by atoms with Gasteiger partial charge in [0, 0.05) is 12.4 Å². The van der Waals surface area contributed by atoms with Crippen molar-refractivity contribution in [2.24, 2.45) is 5.92 Å². The summed E-state index contributed by atoms with van der Waals surface area (Å²) in [6.45, 7) is 2.94. The molecule has 0 bridgehead atoms. The molecule has 2 nitrogen and oxygen atoms in total. The van der Waals surface area contributed by atoms with E-state index in [9.17, 15) is 5.11 Å². The lowest BCUT2D eigenvalue weighted by Crippen LogP contribution is -2.43. The van der Waals surface area contributed by atoms with Gasteiger partial charge in [0.25, 0.3) is 0 Å². The molecule has 0 aromatic heterocycles. The van der Waals surface area contributed by atoms with Crippen molar-refractivity contribution in [2.45, 2.75) is 44.3 Å². The summed E-state index contributed by atoms with van der Waals surface area (Å²) in [4.78, 5) is 0. The topological polar surface area (TPSA) is 29.5 Å². The van der Waals surface area contributed by atoms with Gasteiger partial charge in [-0.2, -0.15) is 11.8 Å². The van der Waals surface area contributed by atoms with Crippen molar-refractivity contribution in [1.82, 2.24) is 0 Å². The Morgan fingerprint density at radius 3 is 3.05 bits per heavy atom. The van der Waals surface area contributed by atoms with Gasteiger partial charge in [-0.1, -0.05) is 24.3 Å². The van der Waals surface area contributed by atoms with Crippen LogP contribution in [-0.2, 0) is 11.2 Å². The number of benzene rings is 1. The molecule has 2 fully saturated rings. The second-order valence-corrected chi connectivity index (χ2v) is 7.39. The molecule has 2 heterocycles. The van der Waals surface area contributed by atoms with E-state index in [-0.39, 0.29) is 11.7 Å². The Labute approximate surface area is 125 Å². The van der Waals surface area contributed by atoms with Crippen LogP contribution < -0.4 is 0 Å². The van der Waals surface area contributed by atoms with E-state index in [0.717, 1.165) is 38.0 Å². The van der Waals surface area contributed by atoms with Crippen molar-refractivity contribution >= 4 is 11.8 Å². The van der Waals surface area contributed by atoms with Crippen LogP contribution in [0.3, 0.4) is 0 Å². The lowest BCUT2D eigenvalue weighted by Gasteiger charge is -2.39. The Morgan fingerprint density at radius 1 is 1.45 bits per heavy atom. The molecule has 0 saturated carbocycles. The third-order valence-corrected chi connectivity index (χ3v) is 6.06. The molecule has 1 aromatic rings. The molecule has 3 rings (SSSR count). The molecular weight excluding hydrogens is 268 g/mol. The van der Waals surface area contributed by atoms with E-state index in [1.807, 2.05) is 11.8 Å². The summed E-state index contributed by atoms with van der Waals surface area (Å²) in [5, 5.41) is 10.6. The monoisotopic (exact) mass is 292 g/mol. The number of aliphatic hydroxyl groups is 1. The second-order valence-electron chi connectivity index (χ2n) is 6.28. The largest absolute Gasteiger partial charge is 0.392 e. The number of aliphatic hydroxyl groups excluding tert-OH is 1. The van der Waals surface area contributed by atoms with Crippen LogP contribution in [0.2, 0.25) is 0 Å². The van der Waals surface area contributed by atoms with E-state index in [1.54, 1.807) is 0 Å². The van der Waals surface area contributed by atoms with Gasteiger partial charge in [0.2, 0.25) is 0 Å². The van der Waals surface area contributed by atoms with Crippen molar-refractivity contribution in [3.05, 3.63) is 35.4 Å². The maximum absolute atomic E-state index is 10.6. The van der Waals surface area contributed by atoms with Gasteiger partial charge in [-0.05, 0) is 55.4 Å². The summed E-state index contributed by atoms with van der Waals surface area (Å²) in [7, 11) is 0. The third-order valence-electron chi connectivity index (χ3n) is 4.83. The number of rotatable bonds is 3. The van der Waals surface area contributed by atoms with Crippen molar-refractivity contribution < 1.29 is 9.84 Å². The summed E-state index contributed by atoms with van der Waals surface area (Å²) in [6.07, 6.45) is 3.74. The Morgan fingerprint density at radius 2 is 2.30 bits per heavy atom. The highest BCUT2D eigenvalue weighted by Crippen LogP contribution is 2.41. The number of aryl methyl sites for hydroxylation is 1. The minimum atomic E-state index is -0.234. The van der Waals surface area contributed by atoms with Crippen LogP contribution in [0.15, 0.2) is 24.3 Å². The zero-order chi connectivity index (χ0) is 14.0. The average molecular weight is 292 g/mol. The van der Waals surface area contributed by atoms with Gasteiger partial charge >= 0.3 is 0 Å². The maximum atomic E-state index is 10.6.